The molecule has 1 saturated heterocycles. The minimum Gasteiger partial charge on any atom is -0.312 e. The lowest BCUT2D eigenvalue weighted by Crippen LogP contribution is -2.41. The molecule has 2 aliphatic rings. The molecule has 134 valence electrons. The second kappa shape index (κ2) is 6.40. The summed E-state index contributed by atoms with van der Waals surface area (Å²) >= 11 is 5.83. The number of rotatable bonds is 2. The van der Waals surface area contributed by atoms with Crippen LogP contribution in [-0.2, 0) is 16.0 Å². The summed E-state index contributed by atoms with van der Waals surface area (Å²) in [5.74, 6) is -1.13. The third-order valence-electron chi connectivity index (χ3n) is 5.13. The van der Waals surface area contributed by atoms with Crippen molar-refractivity contribution >= 4 is 34.8 Å². The first-order valence-corrected chi connectivity index (χ1v) is 9.00. The predicted molar refractivity (Wildman–Crippen MR) is 99.0 cm³/mol. The molecular weight excluding hydrogens is 355 g/mol. The number of carbonyl (C=O) groups excluding carboxylic acids is 2. The molecule has 2 atom stereocenters. The minimum absolute atomic E-state index is 0.0350. The molecule has 4 rings (SSSR count). The van der Waals surface area contributed by atoms with E-state index in [2.05, 4.69) is 0 Å². The van der Waals surface area contributed by atoms with E-state index in [9.17, 15) is 14.0 Å². The van der Waals surface area contributed by atoms with Crippen LogP contribution in [0.15, 0.2) is 42.5 Å². The third kappa shape index (κ3) is 2.76. The van der Waals surface area contributed by atoms with E-state index in [0.717, 1.165) is 17.7 Å². The van der Waals surface area contributed by atoms with Crippen LogP contribution in [0.3, 0.4) is 0 Å². The zero-order valence-corrected chi connectivity index (χ0v) is 15.0. The van der Waals surface area contributed by atoms with Crippen LogP contribution in [0.1, 0.15) is 18.9 Å². The van der Waals surface area contributed by atoms with Gasteiger partial charge in [0.05, 0.1) is 10.9 Å². The maximum atomic E-state index is 13.4. The molecule has 2 heterocycles. The average molecular weight is 373 g/mol. The Morgan fingerprint density at radius 1 is 1.19 bits per heavy atom. The van der Waals surface area contributed by atoms with Gasteiger partial charge in [0.15, 0.2) is 0 Å². The predicted octanol–water partition coefficient (Wildman–Crippen LogP) is 3.81. The average Bonchev–Trinajstić information content (AvgIpc) is 3.16. The van der Waals surface area contributed by atoms with Gasteiger partial charge in [-0.05, 0) is 43.2 Å². The zero-order chi connectivity index (χ0) is 18.4. The number of halogens is 2. The second-order valence-electron chi connectivity index (χ2n) is 6.89. The largest absolute Gasteiger partial charge is 0.312 e. The van der Waals surface area contributed by atoms with Gasteiger partial charge in [-0.25, -0.2) is 4.39 Å². The quantitative estimate of drug-likeness (QED) is 0.804. The van der Waals surface area contributed by atoms with E-state index >= 15 is 0 Å². The van der Waals surface area contributed by atoms with E-state index in [1.54, 1.807) is 0 Å². The molecule has 2 amide bonds. The van der Waals surface area contributed by atoms with Gasteiger partial charge in [-0.1, -0.05) is 29.8 Å². The van der Waals surface area contributed by atoms with Crippen LogP contribution in [0.2, 0.25) is 5.02 Å². The zero-order valence-electron chi connectivity index (χ0n) is 14.3. The molecule has 0 bridgehead atoms. The van der Waals surface area contributed by atoms with Crippen LogP contribution in [0.4, 0.5) is 15.8 Å². The van der Waals surface area contributed by atoms with Crippen molar-refractivity contribution in [2.75, 3.05) is 16.3 Å². The van der Waals surface area contributed by atoms with Crippen LogP contribution in [-0.4, -0.2) is 24.4 Å². The topological polar surface area (TPSA) is 40.6 Å². The molecule has 4 nitrogen and oxygen atoms in total. The first-order valence-electron chi connectivity index (χ1n) is 8.62. The lowest BCUT2D eigenvalue weighted by Gasteiger charge is -2.26. The molecule has 6 heteroatoms. The summed E-state index contributed by atoms with van der Waals surface area (Å²) in [6.45, 7) is 2.30. The molecule has 26 heavy (non-hydrogen) atoms. The summed E-state index contributed by atoms with van der Waals surface area (Å²) in [5, 5.41) is -0.0350. The molecule has 2 aromatic rings. The lowest BCUT2D eigenvalue weighted by atomic mass is 10.1. The summed E-state index contributed by atoms with van der Waals surface area (Å²) < 4.78 is 13.4. The van der Waals surface area contributed by atoms with Crippen LogP contribution < -0.4 is 9.80 Å². The Bertz CT molecular complexity index is 901. The monoisotopic (exact) mass is 372 g/mol. The van der Waals surface area contributed by atoms with Gasteiger partial charge >= 0.3 is 0 Å². The summed E-state index contributed by atoms with van der Waals surface area (Å²) in [7, 11) is 0. The fourth-order valence-corrected chi connectivity index (χ4v) is 4.05. The highest BCUT2D eigenvalue weighted by atomic mass is 35.5. The van der Waals surface area contributed by atoms with Crippen molar-refractivity contribution in [1.82, 2.24) is 0 Å². The van der Waals surface area contributed by atoms with Gasteiger partial charge in [0.1, 0.15) is 5.82 Å². The van der Waals surface area contributed by atoms with Crippen molar-refractivity contribution < 1.29 is 14.0 Å². The molecule has 0 saturated carbocycles. The molecule has 2 aromatic carbocycles. The van der Waals surface area contributed by atoms with Crippen molar-refractivity contribution in [1.29, 1.82) is 0 Å². The van der Waals surface area contributed by atoms with Crippen LogP contribution >= 0.6 is 11.6 Å². The number of nitrogens with zero attached hydrogens (tertiary/aromatic N) is 2. The SMILES string of the molecule is CC1Cc2ccccc2N1C(=O)C1CC(=O)N(c2ccc(F)c(Cl)c2)C1. The fourth-order valence-electron chi connectivity index (χ4n) is 3.87. The molecule has 0 spiro atoms. The number of benzene rings is 2. The molecule has 0 aliphatic carbocycles. The Hall–Kier alpha value is -2.40. The number of fused-ring (bicyclic) bond motifs is 1. The number of anilines is 2. The van der Waals surface area contributed by atoms with E-state index in [1.165, 1.54) is 23.1 Å². The highest BCUT2D eigenvalue weighted by molar-refractivity contribution is 6.31. The Labute approximate surface area is 156 Å². The van der Waals surface area contributed by atoms with Crippen molar-refractivity contribution in [2.24, 2.45) is 5.92 Å². The van der Waals surface area contributed by atoms with Gasteiger partial charge in [0.2, 0.25) is 11.8 Å². The molecule has 0 aromatic heterocycles. The van der Waals surface area contributed by atoms with E-state index < -0.39 is 11.7 Å². The van der Waals surface area contributed by atoms with E-state index in [0.29, 0.717) is 5.69 Å². The first-order chi connectivity index (χ1) is 12.5. The highest BCUT2D eigenvalue weighted by Gasteiger charge is 2.41. The maximum Gasteiger partial charge on any atom is 0.232 e. The van der Waals surface area contributed by atoms with Crippen molar-refractivity contribution in [3.05, 3.63) is 58.9 Å². The van der Waals surface area contributed by atoms with Gasteiger partial charge in [0, 0.05) is 30.4 Å². The summed E-state index contributed by atoms with van der Waals surface area (Å²) in [5.41, 5.74) is 2.60. The molecule has 2 aliphatic heterocycles. The maximum absolute atomic E-state index is 13.4. The number of hydrogen-bond acceptors (Lipinski definition) is 2. The number of amides is 2. The second-order valence-corrected chi connectivity index (χ2v) is 7.30. The smallest absolute Gasteiger partial charge is 0.232 e. The van der Waals surface area contributed by atoms with E-state index in [4.69, 9.17) is 11.6 Å². The minimum atomic E-state index is -0.530. The van der Waals surface area contributed by atoms with Gasteiger partial charge in [-0.2, -0.15) is 0 Å². The van der Waals surface area contributed by atoms with Crippen molar-refractivity contribution in [2.45, 2.75) is 25.8 Å². The Morgan fingerprint density at radius 2 is 1.96 bits per heavy atom. The van der Waals surface area contributed by atoms with Gasteiger partial charge in [-0.3, -0.25) is 9.59 Å². The summed E-state index contributed by atoms with van der Waals surface area (Å²) in [4.78, 5) is 28.9. The number of hydrogen-bond donors (Lipinski definition) is 0. The molecular formula is C20H18ClFN2O2. The summed E-state index contributed by atoms with van der Waals surface area (Å²) in [6, 6.07) is 12.1. The van der Waals surface area contributed by atoms with Crippen LogP contribution in [0, 0.1) is 11.7 Å². The van der Waals surface area contributed by atoms with Crippen molar-refractivity contribution in [3.63, 3.8) is 0 Å². The van der Waals surface area contributed by atoms with Gasteiger partial charge < -0.3 is 9.80 Å². The molecule has 1 fully saturated rings. The van der Waals surface area contributed by atoms with Crippen LogP contribution in [0.25, 0.3) is 0 Å². The molecule has 0 radical (unpaired) electrons. The fraction of sp³-hybridized carbons (Fsp3) is 0.300. The summed E-state index contributed by atoms with van der Waals surface area (Å²) in [6.07, 6.45) is 0.971. The highest BCUT2D eigenvalue weighted by Crippen LogP contribution is 2.35. The molecule has 2 unspecified atom stereocenters. The van der Waals surface area contributed by atoms with E-state index in [1.807, 2.05) is 36.1 Å². The van der Waals surface area contributed by atoms with Gasteiger partial charge in [-0.15, -0.1) is 0 Å². The standard InChI is InChI=1S/C20H18ClFN2O2/c1-12-8-13-4-2-3-5-18(13)24(12)20(26)14-9-19(25)23(11-14)15-6-7-17(22)16(21)10-15/h2-7,10,12,14H,8-9,11H2,1H3. The number of para-hydroxylation sites is 1. The van der Waals surface area contributed by atoms with E-state index in [-0.39, 0.29) is 35.8 Å². The van der Waals surface area contributed by atoms with Crippen LogP contribution in [0.5, 0.6) is 0 Å². The number of carbonyl (C=O) groups is 2. The molecule has 0 N–H and O–H groups in total. The Balaban J connectivity index is 1.57. The third-order valence-corrected chi connectivity index (χ3v) is 5.42. The normalized spacial score (nSPS) is 22.0. The first kappa shape index (κ1) is 17.0. The Kier molecular flexibility index (Phi) is 4.19. The van der Waals surface area contributed by atoms with Gasteiger partial charge in [0.25, 0.3) is 0 Å². The lowest BCUT2D eigenvalue weighted by molar-refractivity contribution is -0.124. The Morgan fingerprint density at radius 3 is 2.73 bits per heavy atom. The van der Waals surface area contributed by atoms with Crippen molar-refractivity contribution in [3.8, 4) is 0 Å².